The second-order valence-corrected chi connectivity index (χ2v) is 15.9. The van der Waals surface area contributed by atoms with Crippen LogP contribution in [0.5, 0.6) is 0 Å². The third-order valence-corrected chi connectivity index (χ3v) is 14.0. The average Bonchev–Trinajstić information content (AvgIpc) is 2.84. The van der Waals surface area contributed by atoms with E-state index < -0.39 is 0 Å². The summed E-state index contributed by atoms with van der Waals surface area (Å²) >= 11 is 13.1. The Balaban J connectivity index is 1.38. The van der Waals surface area contributed by atoms with Crippen molar-refractivity contribution in [2.75, 3.05) is 46.0 Å². The summed E-state index contributed by atoms with van der Waals surface area (Å²) in [5, 5.41) is 0. The first-order valence-electron chi connectivity index (χ1n) is 11.6. The monoisotopic (exact) mass is 540 g/mol. The molecule has 0 spiro atoms. The van der Waals surface area contributed by atoms with Crippen LogP contribution in [-0.2, 0) is 12.8 Å². The van der Waals surface area contributed by atoms with E-state index in [0.29, 0.717) is 0 Å². The second kappa shape index (κ2) is 17.9. The molecule has 2 aromatic rings. The summed E-state index contributed by atoms with van der Waals surface area (Å²) in [4.78, 5) is 0. The Morgan fingerprint density at radius 3 is 1.16 bits per heavy atom. The topological polar surface area (TPSA) is 0 Å². The fourth-order valence-corrected chi connectivity index (χ4v) is 11.4. The van der Waals surface area contributed by atoms with Gasteiger partial charge in [0.25, 0.3) is 0 Å². The fourth-order valence-electron chi connectivity index (χ4n) is 3.45. The number of hydrogen-bond donors (Lipinski definition) is 0. The molecule has 3 rings (SSSR count). The Morgan fingerprint density at radius 1 is 0.469 bits per heavy atom. The van der Waals surface area contributed by atoms with Crippen LogP contribution in [-0.4, -0.2) is 55.2 Å². The predicted molar refractivity (Wildman–Crippen MR) is 162 cm³/mol. The van der Waals surface area contributed by atoms with Gasteiger partial charge in [-0.05, 0) is 36.8 Å². The molecule has 0 N–H and O–H groups in total. The molecule has 0 unspecified atom stereocenters. The molecule has 1 heterocycles. The highest BCUT2D eigenvalue weighted by molar-refractivity contribution is 8.18. The van der Waals surface area contributed by atoms with Crippen LogP contribution < -0.4 is 0 Å². The van der Waals surface area contributed by atoms with Crippen molar-refractivity contribution in [1.29, 1.82) is 0 Å². The van der Waals surface area contributed by atoms with E-state index in [1.807, 2.05) is 0 Å². The van der Waals surface area contributed by atoms with Crippen LogP contribution in [0.15, 0.2) is 60.7 Å². The standard InChI is InChI=1S/C26H36S6/c1-3-7-23(8-4-1)11-13-25-29-19-15-27-17-21-31-26(32-22-18-28-16-20-30-25)14-12-24-9-5-2-6-10-24/h1-10,25-26H,11-22H2. The van der Waals surface area contributed by atoms with Gasteiger partial charge < -0.3 is 0 Å². The molecule has 0 atom stereocenters. The first-order chi connectivity index (χ1) is 15.9. The number of thioether (sulfide) groups is 6. The van der Waals surface area contributed by atoms with E-state index in [1.54, 1.807) is 0 Å². The minimum Gasteiger partial charge on any atom is -0.160 e. The molecule has 32 heavy (non-hydrogen) atoms. The highest BCUT2D eigenvalue weighted by atomic mass is 32.2. The minimum absolute atomic E-state index is 0.746. The summed E-state index contributed by atoms with van der Waals surface area (Å²) in [6.07, 6.45) is 5.01. The molecule has 0 radical (unpaired) electrons. The van der Waals surface area contributed by atoms with Gasteiger partial charge in [0, 0.05) is 46.0 Å². The number of rotatable bonds is 6. The molecule has 0 aliphatic carbocycles. The maximum Gasteiger partial charge on any atom is 0.0506 e. The zero-order valence-electron chi connectivity index (χ0n) is 18.9. The Kier molecular flexibility index (Phi) is 15.2. The quantitative estimate of drug-likeness (QED) is 0.359. The van der Waals surface area contributed by atoms with E-state index in [-0.39, 0.29) is 0 Å². The summed E-state index contributed by atoms with van der Waals surface area (Å²) < 4.78 is 1.49. The highest BCUT2D eigenvalue weighted by Gasteiger charge is 2.13. The van der Waals surface area contributed by atoms with Gasteiger partial charge in [0.1, 0.15) is 0 Å². The van der Waals surface area contributed by atoms with E-state index in [0.717, 1.165) is 9.16 Å². The van der Waals surface area contributed by atoms with E-state index in [2.05, 4.69) is 131 Å². The van der Waals surface area contributed by atoms with Gasteiger partial charge >= 0.3 is 0 Å². The van der Waals surface area contributed by atoms with Crippen molar-refractivity contribution in [2.45, 2.75) is 34.8 Å². The smallest absolute Gasteiger partial charge is 0.0506 e. The third kappa shape index (κ3) is 12.3. The van der Waals surface area contributed by atoms with Crippen molar-refractivity contribution in [3.8, 4) is 0 Å². The fraction of sp³-hybridized carbons (Fsp3) is 0.538. The van der Waals surface area contributed by atoms with Gasteiger partial charge in [-0.25, -0.2) is 0 Å². The van der Waals surface area contributed by atoms with Crippen LogP contribution in [0.4, 0.5) is 0 Å². The van der Waals surface area contributed by atoms with E-state index in [9.17, 15) is 0 Å². The second-order valence-electron chi connectivity index (χ2n) is 7.62. The lowest BCUT2D eigenvalue weighted by molar-refractivity contribution is 0.904. The molecule has 0 aromatic heterocycles. The minimum atomic E-state index is 0.746. The number of benzene rings is 2. The van der Waals surface area contributed by atoms with Crippen LogP contribution in [0.3, 0.4) is 0 Å². The number of hydrogen-bond acceptors (Lipinski definition) is 6. The Bertz CT molecular complexity index is 618. The first kappa shape index (κ1) is 27.1. The van der Waals surface area contributed by atoms with E-state index in [1.165, 1.54) is 82.8 Å². The summed E-state index contributed by atoms with van der Waals surface area (Å²) in [6, 6.07) is 22.0. The van der Waals surface area contributed by atoms with Crippen molar-refractivity contribution in [1.82, 2.24) is 0 Å². The SMILES string of the molecule is c1ccc(CCC2SCCSCCSC(CCc3ccccc3)SCCSCCS2)cc1. The van der Waals surface area contributed by atoms with Crippen LogP contribution in [0.1, 0.15) is 24.0 Å². The maximum absolute atomic E-state index is 2.28. The van der Waals surface area contributed by atoms with Crippen LogP contribution >= 0.6 is 70.6 Å². The Labute approximate surface area is 221 Å². The zero-order chi connectivity index (χ0) is 22.1. The van der Waals surface area contributed by atoms with Crippen molar-refractivity contribution < 1.29 is 0 Å². The molecule has 0 saturated carbocycles. The van der Waals surface area contributed by atoms with E-state index in [4.69, 9.17) is 0 Å². The summed E-state index contributed by atoms with van der Waals surface area (Å²) in [7, 11) is 0. The molecule has 176 valence electrons. The molecular weight excluding hydrogens is 505 g/mol. The van der Waals surface area contributed by atoms with Gasteiger partial charge in [-0.15, -0.1) is 47.0 Å². The molecule has 0 amide bonds. The lowest BCUT2D eigenvalue weighted by atomic mass is 10.1. The molecule has 2 aromatic carbocycles. The Hall–Kier alpha value is 0.540. The Morgan fingerprint density at radius 2 is 0.812 bits per heavy atom. The summed E-state index contributed by atoms with van der Waals surface area (Å²) in [5.74, 6) is 10.4. The average molecular weight is 541 g/mol. The largest absolute Gasteiger partial charge is 0.160 e. The molecule has 1 aliphatic rings. The van der Waals surface area contributed by atoms with Gasteiger partial charge in [0.15, 0.2) is 0 Å². The van der Waals surface area contributed by atoms with Gasteiger partial charge in [-0.1, -0.05) is 60.7 Å². The van der Waals surface area contributed by atoms with Crippen LogP contribution in [0, 0.1) is 0 Å². The predicted octanol–water partition coefficient (Wildman–Crippen LogP) is 8.32. The summed E-state index contributed by atoms with van der Waals surface area (Å²) in [6.45, 7) is 0. The van der Waals surface area contributed by atoms with Crippen LogP contribution in [0.25, 0.3) is 0 Å². The van der Waals surface area contributed by atoms with Crippen LogP contribution in [0.2, 0.25) is 0 Å². The van der Waals surface area contributed by atoms with E-state index >= 15 is 0 Å². The highest BCUT2D eigenvalue weighted by Crippen LogP contribution is 2.32. The lowest BCUT2D eigenvalue weighted by Crippen LogP contribution is -2.07. The molecule has 6 heteroatoms. The van der Waals surface area contributed by atoms with Gasteiger partial charge in [-0.3, -0.25) is 0 Å². The molecule has 1 fully saturated rings. The molecule has 0 nitrogen and oxygen atoms in total. The van der Waals surface area contributed by atoms with Crippen molar-refractivity contribution >= 4 is 70.6 Å². The lowest BCUT2D eigenvalue weighted by Gasteiger charge is -2.18. The van der Waals surface area contributed by atoms with Gasteiger partial charge in [-0.2, -0.15) is 23.5 Å². The van der Waals surface area contributed by atoms with Crippen molar-refractivity contribution in [2.24, 2.45) is 0 Å². The summed E-state index contributed by atoms with van der Waals surface area (Å²) in [5.41, 5.74) is 2.97. The zero-order valence-corrected chi connectivity index (χ0v) is 23.8. The molecule has 1 aliphatic heterocycles. The normalized spacial score (nSPS) is 22.4. The molecule has 0 bridgehead atoms. The van der Waals surface area contributed by atoms with Crippen molar-refractivity contribution in [3.63, 3.8) is 0 Å². The first-order valence-corrected chi connectivity index (χ1v) is 18.1. The van der Waals surface area contributed by atoms with Gasteiger partial charge in [0.05, 0.1) is 9.16 Å². The van der Waals surface area contributed by atoms with Gasteiger partial charge in [0.2, 0.25) is 0 Å². The maximum atomic E-state index is 2.28. The third-order valence-electron chi connectivity index (χ3n) is 5.15. The van der Waals surface area contributed by atoms with Crippen molar-refractivity contribution in [3.05, 3.63) is 71.8 Å². The molecule has 1 saturated heterocycles. The molecular formula is C26H36S6. The number of aryl methyl sites for hydroxylation is 2.